The van der Waals surface area contributed by atoms with Gasteiger partial charge in [-0.05, 0) is 50.2 Å². The second-order valence-corrected chi connectivity index (χ2v) is 10.7. The summed E-state index contributed by atoms with van der Waals surface area (Å²) < 4.78 is 2.32. The quantitative estimate of drug-likeness (QED) is 0.290. The molecule has 0 bridgehead atoms. The zero-order valence-electron chi connectivity index (χ0n) is 20.1. The first-order valence-electron chi connectivity index (χ1n) is 12.0. The zero-order chi connectivity index (χ0) is 24.1. The number of unbranched alkanes of at least 4 members (excludes halogenated alkanes) is 2. The van der Waals surface area contributed by atoms with Crippen molar-refractivity contribution >= 4 is 46.1 Å². The van der Waals surface area contributed by atoms with Crippen LogP contribution in [0.1, 0.15) is 76.0 Å². The maximum atomic E-state index is 13.2. The second-order valence-electron chi connectivity index (χ2n) is 9.02. The lowest BCUT2D eigenvalue weighted by atomic mass is 9.97. The van der Waals surface area contributed by atoms with Crippen molar-refractivity contribution in [1.82, 2.24) is 9.47 Å². The number of anilines is 1. The highest BCUT2D eigenvalue weighted by Gasteiger charge is 2.33. The smallest absolute Gasteiger partial charge is 0.270 e. The fraction of sp³-hybridized carbons (Fsp3) is 0.600. The summed E-state index contributed by atoms with van der Waals surface area (Å²) in [5.74, 6) is 1.40. The number of nitrogens with zero attached hydrogens (tertiary/aromatic N) is 4. The van der Waals surface area contributed by atoms with Gasteiger partial charge in [-0.3, -0.25) is 19.1 Å². The molecule has 0 aromatic carbocycles. The van der Waals surface area contributed by atoms with Crippen molar-refractivity contribution in [3.8, 4) is 6.07 Å². The highest BCUT2D eigenvalue weighted by molar-refractivity contribution is 8.26. The summed E-state index contributed by atoms with van der Waals surface area (Å²) in [7, 11) is 0. The van der Waals surface area contributed by atoms with Crippen molar-refractivity contribution in [3.05, 3.63) is 31.9 Å². The zero-order valence-corrected chi connectivity index (χ0v) is 21.8. The van der Waals surface area contributed by atoms with Crippen LogP contribution in [0.15, 0.2) is 9.70 Å². The highest BCUT2D eigenvalue weighted by Crippen LogP contribution is 2.37. The Morgan fingerprint density at radius 2 is 1.85 bits per heavy atom. The molecule has 0 unspecified atom stereocenters. The number of amides is 1. The van der Waals surface area contributed by atoms with E-state index in [0.29, 0.717) is 33.8 Å². The SMILES string of the molecule is CCCCCN1C(=O)/C(=C/c2c(C)c(C#N)c(=O)n(CCC)c2N2CCC(C)CC2)SC1=S. The number of piperidine rings is 1. The maximum absolute atomic E-state index is 13.2. The summed E-state index contributed by atoms with van der Waals surface area (Å²) >= 11 is 6.83. The molecule has 3 rings (SSSR count). The van der Waals surface area contributed by atoms with E-state index in [-0.39, 0.29) is 17.0 Å². The number of thiocarbonyl (C=S) groups is 1. The average molecular weight is 487 g/mol. The Balaban J connectivity index is 2.13. The van der Waals surface area contributed by atoms with Crippen LogP contribution < -0.4 is 10.5 Å². The van der Waals surface area contributed by atoms with Crippen molar-refractivity contribution in [3.63, 3.8) is 0 Å². The molecule has 3 heterocycles. The van der Waals surface area contributed by atoms with Gasteiger partial charge in [-0.25, -0.2) is 0 Å². The van der Waals surface area contributed by atoms with Crippen LogP contribution in [0.25, 0.3) is 6.08 Å². The molecule has 6 nitrogen and oxygen atoms in total. The average Bonchev–Trinajstić information content (AvgIpc) is 3.06. The van der Waals surface area contributed by atoms with Gasteiger partial charge in [-0.15, -0.1) is 0 Å². The van der Waals surface area contributed by atoms with Crippen LogP contribution in [0.2, 0.25) is 0 Å². The Morgan fingerprint density at radius 3 is 2.45 bits per heavy atom. The third-order valence-corrected chi connectivity index (χ3v) is 7.89. The van der Waals surface area contributed by atoms with E-state index in [0.717, 1.165) is 63.0 Å². The lowest BCUT2D eigenvalue weighted by molar-refractivity contribution is -0.122. The van der Waals surface area contributed by atoms with Crippen LogP contribution in [0, 0.1) is 24.2 Å². The van der Waals surface area contributed by atoms with Crippen molar-refractivity contribution in [2.75, 3.05) is 24.5 Å². The van der Waals surface area contributed by atoms with E-state index < -0.39 is 0 Å². The van der Waals surface area contributed by atoms with Gasteiger partial charge in [0.1, 0.15) is 21.8 Å². The number of pyridine rings is 1. The number of carbonyl (C=O) groups is 1. The lowest BCUT2D eigenvalue weighted by Crippen LogP contribution is -2.39. The van der Waals surface area contributed by atoms with Gasteiger partial charge in [0.15, 0.2) is 0 Å². The molecule has 0 radical (unpaired) electrons. The Morgan fingerprint density at radius 1 is 1.15 bits per heavy atom. The fourth-order valence-electron chi connectivity index (χ4n) is 4.48. The van der Waals surface area contributed by atoms with E-state index in [1.165, 1.54) is 11.8 Å². The highest BCUT2D eigenvalue weighted by atomic mass is 32.2. The monoisotopic (exact) mass is 486 g/mol. The van der Waals surface area contributed by atoms with Crippen LogP contribution in [-0.4, -0.2) is 39.3 Å². The van der Waals surface area contributed by atoms with Gasteiger partial charge in [0, 0.05) is 31.7 Å². The first-order chi connectivity index (χ1) is 15.8. The molecule has 0 aliphatic carbocycles. The first kappa shape index (κ1) is 25.5. The standard InChI is InChI=1S/C25H34N4O2S2/c1-5-7-8-12-29-24(31)21(33-25(29)32)15-19-18(4)20(16-26)23(30)28(11-6-2)22(19)27-13-9-17(3)10-14-27/h15,17H,5-14H2,1-4H3/b21-15-. The Labute approximate surface area is 206 Å². The summed E-state index contributed by atoms with van der Waals surface area (Å²) in [6, 6.07) is 2.12. The number of hydrogen-bond acceptors (Lipinski definition) is 6. The molecule has 0 spiro atoms. The molecule has 1 aromatic heterocycles. The molecule has 0 saturated carbocycles. The second kappa shape index (κ2) is 11.3. The molecule has 178 valence electrons. The number of aromatic nitrogens is 1. The molecular formula is C25H34N4O2S2. The van der Waals surface area contributed by atoms with Gasteiger partial charge in [-0.1, -0.05) is 57.6 Å². The van der Waals surface area contributed by atoms with Gasteiger partial charge in [0.05, 0.1) is 4.91 Å². The number of hydrogen-bond donors (Lipinski definition) is 0. The summed E-state index contributed by atoms with van der Waals surface area (Å²) in [5.41, 5.74) is 1.35. The molecule has 8 heteroatoms. The minimum absolute atomic E-state index is 0.0783. The molecule has 0 N–H and O–H groups in total. The van der Waals surface area contributed by atoms with Gasteiger partial charge in [0.2, 0.25) is 0 Å². The van der Waals surface area contributed by atoms with E-state index >= 15 is 0 Å². The minimum atomic E-state index is -0.241. The lowest BCUT2D eigenvalue weighted by Gasteiger charge is -2.35. The third kappa shape index (κ3) is 5.36. The predicted octanol–water partition coefficient (Wildman–Crippen LogP) is 5.07. The molecule has 2 saturated heterocycles. The number of rotatable bonds is 8. The largest absolute Gasteiger partial charge is 0.357 e. The van der Waals surface area contributed by atoms with E-state index in [2.05, 4.69) is 24.8 Å². The first-order valence-corrected chi connectivity index (χ1v) is 13.2. The maximum Gasteiger partial charge on any atom is 0.270 e. The minimum Gasteiger partial charge on any atom is -0.357 e. The fourth-order valence-corrected chi connectivity index (χ4v) is 5.77. The van der Waals surface area contributed by atoms with Gasteiger partial charge in [-0.2, -0.15) is 5.26 Å². The summed E-state index contributed by atoms with van der Waals surface area (Å²) in [4.78, 5) is 30.9. The Kier molecular flexibility index (Phi) is 8.77. The van der Waals surface area contributed by atoms with Crippen molar-refractivity contribution in [2.45, 2.75) is 72.8 Å². The van der Waals surface area contributed by atoms with Gasteiger partial charge in [0.25, 0.3) is 11.5 Å². The third-order valence-electron chi connectivity index (χ3n) is 6.51. The molecule has 1 amide bonds. The Hall–Kier alpha value is -2.11. The van der Waals surface area contributed by atoms with Crippen LogP contribution >= 0.6 is 24.0 Å². The van der Waals surface area contributed by atoms with Crippen LogP contribution in [0.5, 0.6) is 0 Å². The normalized spacial score (nSPS) is 18.5. The van der Waals surface area contributed by atoms with Crippen LogP contribution in [0.3, 0.4) is 0 Å². The van der Waals surface area contributed by atoms with E-state index in [4.69, 9.17) is 12.2 Å². The number of thioether (sulfide) groups is 1. The summed E-state index contributed by atoms with van der Waals surface area (Å²) in [6.07, 6.45) is 7.82. The number of carbonyl (C=O) groups excluding carboxylic acids is 1. The van der Waals surface area contributed by atoms with Gasteiger partial charge >= 0.3 is 0 Å². The molecular weight excluding hydrogens is 452 g/mol. The van der Waals surface area contributed by atoms with Crippen LogP contribution in [0.4, 0.5) is 5.82 Å². The van der Waals surface area contributed by atoms with Gasteiger partial charge < -0.3 is 4.90 Å². The van der Waals surface area contributed by atoms with E-state index in [1.54, 1.807) is 9.47 Å². The molecule has 0 atom stereocenters. The van der Waals surface area contributed by atoms with Crippen molar-refractivity contribution in [2.24, 2.45) is 5.92 Å². The molecule has 33 heavy (non-hydrogen) atoms. The molecule has 2 aliphatic rings. The molecule has 1 aromatic rings. The Bertz CT molecular complexity index is 1050. The van der Waals surface area contributed by atoms with Crippen LogP contribution in [-0.2, 0) is 11.3 Å². The summed E-state index contributed by atoms with van der Waals surface area (Å²) in [5, 5.41) is 9.77. The summed E-state index contributed by atoms with van der Waals surface area (Å²) in [6.45, 7) is 11.1. The van der Waals surface area contributed by atoms with E-state index in [9.17, 15) is 14.9 Å². The van der Waals surface area contributed by atoms with E-state index in [1.807, 2.05) is 19.9 Å². The number of nitriles is 1. The molecule has 2 aliphatic heterocycles. The van der Waals surface area contributed by atoms with Crippen molar-refractivity contribution < 1.29 is 4.79 Å². The topological polar surface area (TPSA) is 69.3 Å². The predicted molar refractivity (Wildman–Crippen MR) is 140 cm³/mol. The van der Waals surface area contributed by atoms with Crippen molar-refractivity contribution in [1.29, 1.82) is 5.26 Å². The molecule has 2 fully saturated rings.